The SMILES string of the molecule is O=C(COC(=O)c1ccc(F)cc1F)NCCc1ccccc1F. The third-order valence-electron chi connectivity index (χ3n) is 3.16. The lowest BCUT2D eigenvalue weighted by atomic mass is 10.1. The quantitative estimate of drug-likeness (QED) is 0.825. The summed E-state index contributed by atoms with van der Waals surface area (Å²) in [7, 11) is 0. The summed E-state index contributed by atoms with van der Waals surface area (Å²) < 4.78 is 44.2. The Morgan fingerprint density at radius 3 is 2.46 bits per heavy atom. The Morgan fingerprint density at radius 1 is 1.00 bits per heavy atom. The number of ether oxygens (including phenoxy) is 1. The lowest BCUT2D eigenvalue weighted by molar-refractivity contribution is -0.124. The maximum absolute atomic E-state index is 13.4. The van der Waals surface area contributed by atoms with Crippen molar-refractivity contribution >= 4 is 11.9 Å². The summed E-state index contributed by atoms with van der Waals surface area (Å²) in [6.07, 6.45) is 0.277. The number of rotatable bonds is 6. The first-order valence-corrected chi connectivity index (χ1v) is 7.09. The topological polar surface area (TPSA) is 55.4 Å². The maximum atomic E-state index is 13.4. The second kappa shape index (κ2) is 8.14. The predicted octanol–water partition coefficient (Wildman–Crippen LogP) is 2.62. The number of carbonyl (C=O) groups is 2. The third kappa shape index (κ3) is 4.84. The van der Waals surface area contributed by atoms with Gasteiger partial charge in [0.1, 0.15) is 17.5 Å². The summed E-state index contributed by atoms with van der Waals surface area (Å²) in [6, 6.07) is 8.54. The molecule has 1 N–H and O–H groups in total. The van der Waals surface area contributed by atoms with Gasteiger partial charge in [-0.15, -0.1) is 0 Å². The van der Waals surface area contributed by atoms with Gasteiger partial charge in [-0.25, -0.2) is 18.0 Å². The van der Waals surface area contributed by atoms with Crippen LogP contribution in [0.1, 0.15) is 15.9 Å². The maximum Gasteiger partial charge on any atom is 0.341 e. The molecule has 0 aliphatic heterocycles. The highest BCUT2D eigenvalue weighted by atomic mass is 19.1. The van der Waals surface area contributed by atoms with Crippen LogP contribution in [-0.4, -0.2) is 25.0 Å². The van der Waals surface area contributed by atoms with Crippen LogP contribution in [0.2, 0.25) is 0 Å². The van der Waals surface area contributed by atoms with Gasteiger partial charge in [-0.1, -0.05) is 18.2 Å². The molecule has 0 aromatic heterocycles. The Morgan fingerprint density at radius 2 is 1.75 bits per heavy atom. The zero-order valence-electron chi connectivity index (χ0n) is 12.5. The molecule has 4 nitrogen and oxygen atoms in total. The van der Waals surface area contributed by atoms with E-state index in [0.29, 0.717) is 11.6 Å². The number of halogens is 3. The van der Waals surface area contributed by atoms with Crippen molar-refractivity contribution in [1.29, 1.82) is 0 Å². The minimum absolute atomic E-state index is 0.155. The molecular weight excluding hydrogens is 323 g/mol. The van der Waals surface area contributed by atoms with Gasteiger partial charge < -0.3 is 10.1 Å². The van der Waals surface area contributed by atoms with Gasteiger partial charge >= 0.3 is 5.97 Å². The predicted molar refractivity (Wildman–Crippen MR) is 79.8 cm³/mol. The van der Waals surface area contributed by atoms with Gasteiger partial charge in [0.25, 0.3) is 5.91 Å². The summed E-state index contributed by atoms with van der Waals surface area (Å²) in [5.74, 6) is -3.95. The normalized spacial score (nSPS) is 10.3. The van der Waals surface area contributed by atoms with Crippen LogP contribution in [0.3, 0.4) is 0 Å². The molecule has 0 saturated carbocycles. The third-order valence-corrected chi connectivity index (χ3v) is 3.16. The van der Waals surface area contributed by atoms with Crippen LogP contribution < -0.4 is 5.32 Å². The molecule has 0 fully saturated rings. The Hall–Kier alpha value is -2.83. The van der Waals surface area contributed by atoms with E-state index in [9.17, 15) is 22.8 Å². The fourth-order valence-corrected chi connectivity index (χ4v) is 1.95. The van der Waals surface area contributed by atoms with Crippen LogP contribution in [0.5, 0.6) is 0 Å². The van der Waals surface area contributed by atoms with E-state index in [-0.39, 0.29) is 18.8 Å². The Labute approximate surface area is 136 Å². The number of amides is 1. The van der Waals surface area contributed by atoms with Crippen molar-refractivity contribution < 1.29 is 27.5 Å². The lowest BCUT2D eigenvalue weighted by Gasteiger charge is -2.07. The van der Waals surface area contributed by atoms with E-state index < -0.39 is 35.7 Å². The van der Waals surface area contributed by atoms with Gasteiger partial charge in [0.15, 0.2) is 6.61 Å². The van der Waals surface area contributed by atoms with Gasteiger partial charge in [0.05, 0.1) is 5.56 Å². The molecule has 0 aliphatic rings. The van der Waals surface area contributed by atoms with Gasteiger partial charge in [-0.05, 0) is 30.2 Å². The summed E-state index contributed by atoms with van der Waals surface area (Å²) >= 11 is 0. The van der Waals surface area contributed by atoms with Crippen molar-refractivity contribution in [1.82, 2.24) is 5.32 Å². The number of nitrogens with one attached hydrogen (secondary N) is 1. The number of benzene rings is 2. The highest BCUT2D eigenvalue weighted by Gasteiger charge is 2.15. The molecule has 0 atom stereocenters. The Balaban J connectivity index is 1.77. The number of esters is 1. The minimum Gasteiger partial charge on any atom is -0.452 e. The van der Waals surface area contributed by atoms with Crippen molar-refractivity contribution in [3.8, 4) is 0 Å². The van der Waals surface area contributed by atoms with Gasteiger partial charge in [-0.3, -0.25) is 4.79 Å². The zero-order chi connectivity index (χ0) is 17.5. The molecule has 2 aromatic rings. The van der Waals surface area contributed by atoms with Crippen LogP contribution in [-0.2, 0) is 16.0 Å². The van der Waals surface area contributed by atoms with E-state index >= 15 is 0 Å². The molecule has 24 heavy (non-hydrogen) atoms. The first kappa shape index (κ1) is 17.5. The molecule has 7 heteroatoms. The average Bonchev–Trinajstić information content (AvgIpc) is 2.54. The molecule has 0 aliphatic carbocycles. The fourth-order valence-electron chi connectivity index (χ4n) is 1.95. The van der Waals surface area contributed by atoms with E-state index in [1.165, 1.54) is 6.07 Å². The average molecular weight is 337 g/mol. The first-order chi connectivity index (χ1) is 11.5. The highest BCUT2D eigenvalue weighted by molar-refractivity contribution is 5.91. The largest absolute Gasteiger partial charge is 0.452 e. The van der Waals surface area contributed by atoms with E-state index in [2.05, 4.69) is 10.1 Å². The molecule has 0 spiro atoms. The standard InChI is InChI=1S/C17H14F3NO3/c18-12-5-6-13(15(20)9-12)17(23)24-10-16(22)21-8-7-11-3-1-2-4-14(11)19/h1-6,9H,7-8,10H2,(H,21,22). The first-order valence-electron chi connectivity index (χ1n) is 7.09. The van der Waals surface area contributed by atoms with Gasteiger partial charge in [-0.2, -0.15) is 0 Å². The van der Waals surface area contributed by atoms with Crippen LogP contribution in [0, 0.1) is 17.5 Å². The van der Waals surface area contributed by atoms with Crippen LogP contribution in [0.15, 0.2) is 42.5 Å². The molecule has 0 heterocycles. The van der Waals surface area contributed by atoms with Crippen LogP contribution in [0.25, 0.3) is 0 Å². The minimum atomic E-state index is -1.07. The van der Waals surface area contributed by atoms with E-state index in [1.54, 1.807) is 18.2 Å². The summed E-state index contributed by atoms with van der Waals surface area (Å²) in [5, 5.41) is 2.45. The second-order valence-electron chi connectivity index (χ2n) is 4.89. The van der Waals surface area contributed by atoms with E-state index in [0.717, 1.165) is 12.1 Å². The summed E-state index contributed by atoms with van der Waals surface area (Å²) in [5.41, 5.74) is -0.0151. The number of hydrogen-bond acceptors (Lipinski definition) is 3. The summed E-state index contributed by atoms with van der Waals surface area (Å²) in [6.45, 7) is -0.463. The lowest BCUT2D eigenvalue weighted by Crippen LogP contribution is -2.30. The van der Waals surface area contributed by atoms with Crippen molar-refractivity contribution in [3.05, 3.63) is 71.0 Å². The molecule has 2 aromatic carbocycles. The smallest absolute Gasteiger partial charge is 0.341 e. The van der Waals surface area contributed by atoms with Crippen molar-refractivity contribution in [2.75, 3.05) is 13.2 Å². The molecule has 1 amide bonds. The Bertz CT molecular complexity index is 750. The van der Waals surface area contributed by atoms with Crippen molar-refractivity contribution in [2.24, 2.45) is 0 Å². The molecule has 0 unspecified atom stereocenters. The highest BCUT2D eigenvalue weighted by Crippen LogP contribution is 2.10. The van der Waals surface area contributed by atoms with E-state index in [4.69, 9.17) is 0 Å². The molecule has 126 valence electrons. The van der Waals surface area contributed by atoms with E-state index in [1.807, 2.05) is 0 Å². The molecule has 0 radical (unpaired) electrons. The Kier molecular flexibility index (Phi) is 5.95. The molecule has 2 rings (SSSR count). The van der Waals surface area contributed by atoms with Crippen LogP contribution in [0.4, 0.5) is 13.2 Å². The monoisotopic (exact) mass is 337 g/mol. The number of hydrogen-bond donors (Lipinski definition) is 1. The number of carbonyl (C=O) groups excluding carboxylic acids is 2. The zero-order valence-corrected chi connectivity index (χ0v) is 12.5. The van der Waals surface area contributed by atoms with Gasteiger partial charge in [0, 0.05) is 12.6 Å². The van der Waals surface area contributed by atoms with Crippen molar-refractivity contribution in [3.63, 3.8) is 0 Å². The molecule has 0 bridgehead atoms. The molecular formula is C17H14F3NO3. The molecule has 0 saturated heterocycles. The van der Waals surface area contributed by atoms with Gasteiger partial charge in [0.2, 0.25) is 0 Å². The van der Waals surface area contributed by atoms with Crippen molar-refractivity contribution in [2.45, 2.75) is 6.42 Å². The summed E-state index contributed by atoms with van der Waals surface area (Å²) in [4.78, 5) is 23.2. The fraction of sp³-hybridized carbons (Fsp3) is 0.176. The van der Waals surface area contributed by atoms with Crippen LogP contribution >= 0.6 is 0 Å². The second-order valence-corrected chi connectivity index (χ2v) is 4.89.